The van der Waals surface area contributed by atoms with E-state index in [0.29, 0.717) is 0 Å². The Morgan fingerprint density at radius 3 is 2.48 bits per heavy atom. The highest BCUT2D eigenvalue weighted by Crippen LogP contribution is 2.32. The molecule has 0 spiro atoms. The van der Waals surface area contributed by atoms with Crippen molar-refractivity contribution in [3.8, 4) is 0 Å². The van der Waals surface area contributed by atoms with Crippen LogP contribution in [0.5, 0.6) is 0 Å². The van der Waals surface area contributed by atoms with E-state index in [1.54, 1.807) is 17.5 Å². The third kappa shape index (κ3) is 2.95. The predicted octanol–water partition coefficient (Wildman–Crippen LogP) is 2.15. The normalized spacial score (nSPS) is 22.2. The van der Waals surface area contributed by atoms with Crippen LogP contribution in [0.3, 0.4) is 0 Å². The maximum atomic E-state index is 13.0. The predicted molar refractivity (Wildman–Crippen MR) is 101 cm³/mol. The molecule has 0 bridgehead atoms. The van der Waals surface area contributed by atoms with Gasteiger partial charge in [-0.2, -0.15) is 4.31 Å². The Morgan fingerprint density at radius 1 is 1.07 bits per heavy atom. The van der Waals surface area contributed by atoms with E-state index >= 15 is 0 Å². The fraction of sp³-hybridized carbons (Fsp3) is 0.333. The Hall–Kier alpha value is -2.23. The van der Waals surface area contributed by atoms with Gasteiger partial charge in [-0.1, -0.05) is 36.4 Å². The monoisotopic (exact) mass is 405 g/mol. The van der Waals surface area contributed by atoms with Crippen molar-refractivity contribution < 1.29 is 18.0 Å². The summed E-state index contributed by atoms with van der Waals surface area (Å²) >= 11 is 1.15. The standard InChI is InChI=1S/C18H19N3O4S2/c1-13(14-6-3-2-4-7-14)21-17(22)15-12-19(9-10-20(15)18(21)23)27(24,25)16-8-5-11-26-16/h2-8,11,13,15H,9-10,12H2,1H3/t13-,15-/m0/s1. The van der Waals surface area contributed by atoms with E-state index in [-0.39, 0.29) is 35.8 Å². The van der Waals surface area contributed by atoms with Gasteiger partial charge < -0.3 is 4.90 Å². The van der Waals surface area contributed by atoms with E-state index in [2.05, 4.69) is 0 Å². The molecule has 4 rings (SSSR count). The van der Waals surface area contributed by atoms with Crippen LogP contribution in [0.2, 0.25) is 0 Å². The highest BCUT2D eigenvalue weighted by Gasteiger charge is 2.51. The van der Waals surface area contributed by atoms with Crippen molar-refractivity contribution in [3.63, 3.8) is 0 Å². The molecule has 0 radical (unpaired) electrons. The largest absolute Gasteiger partial charge is 0.328 e. The number of thiophene rings is 1. The molecule has 2 fully saturated rings. The van der Waals surface area contributed by atoms with Crippen LogP contribution < -0.4 is 0 Å². The van der Waals surface area contributed by atoms with Crippen molar-refractivity contribution in [2.45, 2.75) is 23.2 Å². The van der Waals surface area contributed by atoms with Crippen LogP contribution in [0.4, 0.5) is 4.79 Å². The summed E-state index contributed by atoms with van der Waals surface area (Å²) in [4.78, 5) is 28.5. The zero-order valence-electron chi connectivity index (χ0n) is 14.7. The van der Waals surface area contributed by atoms with Crippen molar-refractivity contribution >= 4 is 33.3 Å². The summed E-state index contributed by atoms with van der Waals surface area (Å²) in [6.45, 7) is 2.19. The van der Waals surface area contributed by atoms with Gasteiger partial charge in [-0.3, -0.25) is 9.69 Å². The van der Waals surface area contributed by atoms with E-state index in [1.807, 2.05) is 37.3 Å². The average Bonchev–Trinajstić information content (AvgIpc) is 3.30. The molecule has 1 aromatic carbocycles. The first-order valence-electron chi connectivity index (χ1n) is 8.63. The SMILES string of the molecule is C[C@@H](c1ccccc1)N1C(=O)[C@@H]2CN(S(=O)(=O)c3cccs3)CCN2C1=O. The Morgan fingerprint density at radius 2 is 1.81 bits per heavy atom. The number of benzene rings is 1. The Balaban J connectivity index is 1.58. The summed E-state index contributed by atoms with van der Waals surface area (Å²) in [5.41, 5.74) is 0.863. The summed E-state index contributed by atoms with van der Waals surface area (Å²) in [7, 11) is -3.65. The van der Waals surface area contributed by atoms with Crippen molar-refractivity contribution in [1.29, 1.82) is 0 Å². The molecule has 2 saturated heterocycles. The van der Waals surface area contributed by atoms with Crippen LogP contribution in [0.25, 0.3) is 0 Å². The number of carbonyl (C=O) groups excluding carboxylic acids is 2. The number of rotatable bonds is 4. The highest BCUT2D eigenvalue weighted by molar-refractivity contribution is 7.91. The molecule has 9 heteroatoms. The summed E-state index contributed by atoms with van der Waals surface area (Å²) in [6.07, 6.45) is 0. The van der Waals surface area contributed by atoms with Crippen LogP contribution in [0, 0.1) is 0 Å². The van der Waals surface area contributed by atoms with Gasteiger partial charge in [-0.05, 0) is 23.9 Å². The molecule has 142 valence electrons. The minimum absolute atomic E-state index is 0.0111. The second-order valence-electron chi connectivity index (χ2n) is 6.58. The van der Waals surface area contributed by atoms with Gasteiger partial charge in [-0.25, -0.2) is 13.2 Å². The molecule has 2 aliphatic rings. The van der Waals surface area contributed by atoms with Crippen molar-refractivity contribution in [1.82, 2.24) is 14.1 Å². The second-order valence-corrected chi connectivity index (χ2v) is 9.69. The highest BCUT2D eigenvalue weighted by atomic mass is 32.2. The number of piperazine rings is 1. The Labute approximate surface area is 161 Å². The maximum Gasteiger partial charge on any atom is 0.328 e. The molecule has 3 amide bonds. The number of carbonyl (C=O) groups is 2. The number of hydrogen-bond donors (Lipinski definition) is 0. The smallest absolute Gasteiger partial charge is 0.310 e. The molecular formula is C18H19N3O4S2. The zero-order chi connectivity index (χ0) is 19.2. The lowest BCUT2D eigenvalue weighted by molar-refractivity contribution is -0.130. The molecule has 0 unspecified atom stereocenters. The van der Waals surface area contributed by atoms with E-state index in [4.69, 9.17) is 0 Å². The number of sulfonamides is 1. The Bertz CT molecular complexity index is 960. The third-order valence-electron chi connectivity index (χ3n) is 5.08. The molecule has 27 heavy (non-hydrogen) atoms. The van der Waals surface area contributed by atoms with E-state index in [1.165, 1.54) is 14.1 Å². The topological polar surface area (TPSA) is 78.0 Å². The lowest BCUT2D eigenvalue weighted by Crippen LogP contribution is -2.54. The molecule has 7 nitrogen and oxygen atoms in total. The molecule has 2 aromatic rings. The van der Waals surface area contributed by atoms with E-state index in [0.717, 1.165) is 16.9 Å². The average molecular weight is 406 g/mol. The quantitative estimate of drug-likeness (QED) is 0.730. The molecule has 2 aliphatic heterocycles. The van der Waals surface area contributed by atoms with Gasteiger partial charge in [0.25, 0.3) is 15.9 Å². The summed E-state index contributed by atoms with van der Waals surface area (Å²) < 4.78 is 27.1. The summed E-state index contributed by atoms with van der Waals surface area (Å²) in [6, 6.07) is 11.0. The van der Waals surface area contributed by atoms with Crippen LogP contribution in [0.1, 0.15) is 18.5 Å². The number of imide groups is 1. The first-order chi connectivity index (χ1) is 12.9. The number of nitrogens with zero attached hydrogens (tertiary/aromatic N) is 3. The van der Waals surface area contributed by atoms with Crippen LogP contribution in [-0.2, 0) is 14.8 Å². The molecular weight excluding hydrogens is 386 g/mol. The zero-order valence-corrected chi connectivity index (χ0v) is 16.3. The maximum absolute atomic E-state index is 13.0. The van der Waals surface area contributed by atoms with Crippen molar-refractivity contribution in [2.75, 3.05) is 19.6 Å². The lowest BCUT2D eigenvalue weighted by atomic mass is 10.1. The van der Waals surface area contributed by atoms with Crippen LogP contribution in [0.15, 0.2) is 52.1 Å². The molecule has 1 aromatic heterocycles. The number of urea groups is 1. The third-order valence-corrected chi connectivity index (χ3v) is 8.31. The van der Waals surface area contributed by atoms with Gasteiger partial charge in [-0.15, -0.1) is 11.3 Å². The summed E-state index contributed by atoms with van der Waals surface area (Å²) in [5.74, 6) is -0.345. The van der Waals surface area contributed by atoms with Gasteiger partial charge in [0, 0.05) is 19.6 Å². The van der Waals surface area contributed by atoms with E-state index in [9.17, 15) is 18.0 Å². The summed E-state index contributed by atoms with van der Waals surface area (Å²) in [5, 5.41) is 1.71. The van der Waals surface area contributed by atoms with Crippen molar-refractivity contribution in [2.24, 2.45) is 0 Å². The van der Waals surface area contributed by atoms with Crippen LogP contribution >= 0.6 is 11.3 Å². The molecule has 3 heterocycles. The number of amides is 3. The van der Waals surface area contributed by atoms with E-state index < -0.39 is 22.1 Å². The van der Waals surface area contributed by atoms with Gasteiger partial charge in [0.15, 0.2) is 0 Å². The first-order valence-corrected chi connectivity index (χ1v) is 11.0. The minimum Gasteiger partial charge on any atom is -0.310 e. The van der Waals surface area contributed by atoms with Gasteiger partial charge in [0.05, 0.1) is 6.04 Å². The lowest BCUT2D eigenvalue weighted by Gasteiger charge is -2.34. The fourth-order valence-corrected chi connectivity index (χ4v) is 6.17. The van der Waals surface area contributed by atoms with Gasteiger partial charge >= 0.3 is 6.03 Å². The van der Waals surface area contributed by atoms with Gasteiger partial charge in [0.1, 0.15) is 10.3 Å². The number of fused-ring (bicyclic) bond motifs is 1. The first kappa shape index (κ1) is 18.1. The molecule has 0 N–H and O–H groups in total. The minimum atomic E-state index is -3.65. The number of hydrogen-bond acceptors (Lipinski definition) is 5. The molecule has 0 aliphatic carbocycles. The molecule has 0 saturated carbocycles. The molecule has 2 atom stereocenters. The second kappa shape index (κ2) is 6.74. The van der Waals surface area contributed by atoms with Crippen LogP contribution in [-0.4, -0.2) is 60.1 Å². The Kier molecular flexibility index (Phi) is 4.53. The van der Waals surface area contributed by atoms with Gasteiger partial charge in [0.2, 0.25) is 0 Å². The van der Waals surface area contributed by atoms with Crippen molar-refractivity contribution in [3.05, 3.63) is 53.4 Å². The fourth-order valence-electron chi connectivity index (χ4n) is 3.58.